The Hall–Kier alpha value is -1.90. The standard InChI is InChI=1S/C12H20N2O.C11H16N2O2/c1-3-10(2)8-15-9-12-6-4-5-11(7-13)14-12;12-6-9-2-1-3-10(13-9)7-15-11-4-5-14-8-11/h4-6,10H,3,7-9,13H2,1-2H3;1-3,11H,4-8,12H2. The maximum absolute atomic E-state index is 5.66. The minimum absolute atomic E-state index is 0.230. The quantitative estimate of drug-likeness (QED) is 0.613. The zero-order chi connectivity index (χ0) is 21.6. The zero-order valence-corrected chi connectivity index (χ0v) is 18.3. The summed E-state index contributed by atoms with van der Waals surface area (Å²) in [5.74, 6) is 0.614. The first-order chi connectivity index (χ1) is 14.6. The Kier molecular flexibility index (Phi) is 11.5. The number of nitrogens with two attached hydrogens (primary N) is 2. The van der Waals surface area contributed by atoms with Gasteiger partial charge in [-0.3, -0.25) is 9.97 Å². The van der Waals surface area contributed by atoms with Crippen LogP contribution in [0.2, 0.25) is 0 Å². The first kappa shape index (κ1) is 24.4. The molecule has 0 saturated carbocycles. The van der Waals surface area contributed by atoms with Crippen molar-refractivity contribution in [3.63, 3.8) is 0 Å². The summed E-state index contributed by atoms with van der Waals surface area (Å²) in [5, 5.41) is 0. The lowest BCUT2D eigenvalue weighted by Crippen LogP contribution is -2.13. The third-order valence-electron chi connectivity index (χ3n) is 4.85. The fourth-order valence-electron chi connectivity index (χ4n) is 2.78. The number of hydrogen-bond acceptors (Lipinski definition) is 7. The third kappa shape index (κ3) is 9.28. The van der Waals surface area contributed by atoms with Crippen molar-refractivity contribution in [2.75, 3.05) is 19.8 Å². The number of aromatic nitrogens is 2. The monoisotopic (exact) mass is 416 g/mol. The van der Waals surface area contributed by atoms with Gasteiger partial charge in [0.05, 0.1) is 48.7 Å². The van der Waals surface area contributed by atoms with Gasteiger partial charge in [0.2, 0.25) is 0 Å². The third-order valence-corrected chi connectivity index (χ3v) is 4.85. The number of ether oxygens (including phenoxy) is 3. The zero-order valence-electron chi connectivity index (χ0n) is 18.3. The lowest BCUT2D eigenvalue weighted by molar-refractivity contribution is 0.0301. The molecule has 0 radical (unpaired) electrons. The van der Waals surface area contributed by atoms with Crippen molar-refractivity contribution < 1.29 is 14.2 Å². The fourth-order valence-corrected chi connectivity index (χ4v) is 2.78. The molecule has 0 bridgehead atoms. The Morgan fingerprint density at radius 3 is 2.13 bits per heavy atom. The van der Waals surface area contributed by atoms with Gasteiger partial charge in [0.1, 0.15) is 0 Å². The average molecular weight is 417 g/mol. The molecule has 0 aliphatic carbocycles. The van der Waals surface area contributed by atoms with Gasteiger partial charge in [0.15, 0.2) is 0 Å². The highest BCUT2D eigenvalue weighted by Gasteiger charge is 2.15. The molecule has 0 amide bonds. The van der Waals surface area contributed by atoms with Crippen LogP contribution in [0.25, 0.3) is 0 Å². The minimum atomic E-state index is 0.230. The van der Waals surface area contributed by atoms with Crippen LogP contribution in [0.1, 0.15) is 49.5 Å². The Bertz CT molecular complexity index is 723. The number of pyridine rings is 2. The van der Waals surface area contributed by atoms with Crippen LogP contribution in [0.3, 0.4) is 0 Å². The fraction of sp³-hybridized carbons (Fsp3) is 0.565. The molecule has 3 rings (SSSR count). The van der Waals surface area contributed by atoms with Crippen LogP contribution in [0.4, 0.5) is 0 Å². The lowest BCUT2D eigenvalue weighted by atomic mass is 10.1. The van der Waals surface area contributed by atoms with Gasteiger partial charge < -0.3 is 25.7 Å². The Balaban J connectivity index is 0.000000214. The highest BCUT2D eigenvalue weighted by Crippen LogP contribution is 2.11. The molecule has 2 aromatic rings. The number of hydrogen-bond donors (Lipinski definition) is 2. The van der Waals surface area contributed by atoms with Crippen LogP contribution < -0.4 is 11.5 Å². The maximum atomic E-state index is 5.66. The second kappa shape index (κ2) is 14.2. The lowest BCUT2D eigenvalue weighted by Gasteiger charge is -2.09. The van der Waals surface area contributed by atoms with Crippen molar-refractivity contribution >= 4 is 0 Å². The van der Waals surface area contributed by atoms with Crippen molar-refractivity contribution in [1.29, 1.82) is 0 Å². The molecule has 7 heteroatoms. The van der Waals surface area contributed by atoms with E-state index in [1.807, 2.05) is 36.4 Å². The predicted molar refractivity (Wildman–Crippen MR) is 117 cm³/mol. The highest BCUT2D eigenvalue weighted by atomic mass is 16.5. The summed E-state index contributed by atoms with van der Waals surface area (Å²) < 4.78 is 16.5. The summed E-state index contributed by atoms with van der Waals surface area (Å²) in [5.41, 5.74) is 14.7. The van der Waals surface area contributed by atoms with E-state index in [0.29, 0.717) is 38.8 Å². The van der Waals surface area contributed by atoms with Crippen LogP contribution in [0.5, 0.6) is 0 Å². The van der Waals surface area contributed by atoms with Gasteiger partial charge in [-0.15, -0.1) is 0 Å². The van der Waals surface area contributed by atoms with Gasteiger partial charge in [-0.1, -0.05) is 32.4 Å². The molecule has 2 unspecified atom stereocenters. The molecule has 0 spiro atoms. The summed E-state index contributed by atoms with van der Waals surface area (Å²) in [6.07, 6.45) is 2.36. The predicted octanol–water partition coefficient (Wildman–Crippen LogP) is 2.95. The van der Waals surface area contributed by atoms with Crippen LogP contribution >= 0.6 is 0 Å². The van der Waals surface area contributed by atoms with Gasteiger partial charge in [-0.25, -0.2) is 0 Å². The minimum Gasteiger partial charge on any atom is -0.379 e. The van der Waals surface area contributed by atoms with Gasteiger partial charge >= 0.3 is 0 Å². The molecular weight excluding hydrogens is 380 g/mol. The van der Waals surface area contributed by atoms with E-state index in [2.05, 4.69) is 23.8 Å². The van der Waals surface area contributed by atoms with Crippen molar-refractivity contribution in [2.45, 2.75) is 59.1 Å². The molecule has 0 aromatic carbocycles. The molecular formula is C23H36N4O3. The Morgan fingerprint density at radius 2 is 1.60 bits per heavy atom. The van der Waals surface area contributed by atoms with E-state index in [0.717, 1.165) is 48.8 Å². The molecule has 1 saturated heterocycles. The average Bonchev–Trinajstić information content (AvgIpc) is 3.32. The van der Waals surface area contributed by atoms with Crippen LogP contribution in [0.15, 0.2) is 36.4 Å². The van der Waals surface area contributed by atoms with Gasteiger partial charge in [0, 0.05) is 26.3 Å². The van der Waals surface area contributed by atoms with E-state index in [9.17, 15) is 0 Å². The molecule has 166 valence electrons. The van der Waals surface area contributed by atoms with Crippen molar-refractivity contribution in [3.8, 4) is 0 Å². The summed E-state index contributed by atoms with van der Waals surface area (Å²) in [4.78, 5) is 8.73. The Labute approximate surface area is 180 Å². The second-order valence-corrected chi connectivity index (χ2v) is 7.47. The summed E-state index contributed by atoms with van der Waals surface area (Å²) >= 11 is 0. The first-order valence-electron chi connectivity index (χ1n) is 10.7. The maximum Gasteiger partial charge on any atom is 0.0892 e. The van der Waals surface area contributed by atoms with E-state index < -0.39 is 0 Å². The van der Waals surface area contributed by atoms with Crippen molar-refractivity contribution in [2.24, 2.45) is 17.4 Å². The Morgan fingerprint density at radius 1 is 1.00 bits per heavy atom. The van der Waals surface area contributed by atoms with E-state index in [1.165, 1.54) is 0 Å². The SMILES string of the molecule is CCC(C)COCc1cccc(CN)n1.NCc1cccc(COC2CCOC2)n1. The number of nitrogens with zero attached hydrogens (tertiary/aromatic N) is 2. The molecule has 2 atom stereocenters. The second-order valence-electron chi connectivity index (χ2n) is 7.47. The molecule has 1 aliphatic rings. The summed E-state index contributed by atoms with van der Waals surface area (Å²) in [7, 11) is 0. The topological polar surface area (TPSA) is 106 Å². The van der Waals surface area contributed by atoms with E-state index in [-0.39, 0.29) is 6.10 Å². The van der Waals surface area contributed by atoms with Crippen LogP contribution in [-0.2, 0) is 40.5 Å². The molecule has 1 aliphatic heterocycles. The molecule has 30 heavy (non-hydrogen) atoms. The van der Waals surface area contributed by atoms with Crippen LogP contribution in [0, 0.1) is 5.92 Å². The molecule has 2 aromatic heterocycles. The summed E-state index contributed by atoms with van der Waals surface area (Å²) in [6.45, 7) is 8.74. The van der Waals surface area contributed by atoms with Crippen molar-refractivity contribution in [3.05, 3.63) is 59.2 Å². The molecule has 4 N–H and O–H groups in total. The van der Waals surface area contributed by atoms with Gasteiger partial charge in [-0.05, 0) is 36.6 Å². The molecule has 1 fully saturated rings. The van der Waals surface area contributed by atoms with Crippen molar-refractivity contribution in [1.82, 2.24) is 9.97 Å². The van der Waals surface area contributed by atoms with Gasteiger partial charge in [-0.2, -0.15) is 0 Å². The molecule has 7 nitrogen and oxygen atoms in total. The van der Waals surface area contributed by atoms with Crippen LogP contribution in [-0.4, -0.2) is 35.9 Å². The largest absolute Gasteiger partial charge is 0.379 e. The van der Waals surface area contributed by atoms with E-state index >= 15 is 0 Å². The number of rotatable bonds is 10. The highest BCUT2D eigenvalue weighted by molar-refractivity contribution is 5.11. The summed E-state index contributed by atoms with van der Waals surface area (Å²) in [6, 6.07) is 11.7. The first-order valence-corrected chi connectivity index (χ1v) is 10.7. The normalized spacial score (nSPS) is 16.7. The van der Waals surface area contributed by atoms with E-state index in [4.69, 9.17) is 25.7 Å². The van der Waals surface area contributed by atoms with Gasteiger partial charge in [0.25, 0.3) is 0 Å². The molecule has 3 heterocycles. The van der Waals surface area contributed by atoms with E-state index in [1.54, 1.807) is 0 Å². The smallest absolute Gasteiger partial charge is 0.0892 e.